The third-order valence-electron chi connectivity index (χ3n) is 4.06. The molecular weight excluding hydrogens is 377 g/mol. The number of hydrogen-bond donors (Lipinski definition) is 1. The Morgan fingerprint density at radius 3 is 2.57 bits per heavy atom. The van der Waals surface area contributed by atoms with Gasteiger partial charge in [-0.25, -0.2) is 14.4 Å². The van der Waals surface area contributed by atoms with Gasteiger partial charge in [-0.3, -0.25) is 4.79 Å². The van der Waals surface area contributed by atoms with E-state index >= 15 is 0 Å². The standard InChI is InChI=1S/C21H16FN3O2S/c1-13(27-17-10-6-15(22)7-11-17)19(26)24-16-8-4-14(5-9-16)20-25-18-3-2-12-23-21(18)28-20/h2-13H,1H3,(H,24,26). The molecule has 1 atom stereocenters. The van der Waals surface area contributed by atoms with Gasteiger partial charge < -0.3 is 10.1 Å². The number of benzene rings is 2. The lowest BCUT2D eigenvalue weighted by atomic mass is 10.2. The topological polar surface area (TPSA) is 64.1 Å². The first-order valence-corrected chi connectivity index (χ1v) is 9.45. The second-order valence-electron chi connectivity index (χ2n) is 6.13. The van der Waals surface area contributed by atoms with Gasteiger partial charge in [-0.15, -0.1) is 0 Å². The summed E-state index contributed by atoms with van der Waals surface area (Å²) in [5.41, 5.74) is 2.48. The van der Waals surface area contributed by atoms with Gasteiger partial charge in [-0.2, -0.15) is 0 Å². The summed E-state index contributed by atoms with van der Waals surface area (Å²) in [6.45, 7) is 1.64. The van der Waals surface area contributed by atoms with Crippen LogP contribution in [0.1, 0.15) is 6.92 Å². The van der Waals surface area contributed by atoms with Gasteiger partial charge in [0.15, 0.2) is 6.10 Å². The number of carbonyl (C=O) groups excluding carboxylic acids is 1. The van der Waals surface area contributed by atoms with Gasteiger partial charge in [0, 0.05) is 17.4 Å². The van der Waals surface area contributed by atoms with E-state index in [4.69, 9.17) is 4.74 Å². The van der Waals surface area contributed by atoms with Crippen molar-refractivity contribution in [3.8, 4) is 16.3 Å². The van der Waals surface area contributed by atoms with Crippen molar-refractivity contribution in [3.63, 3.8) is 0 Å². The fraction of sp³-hybridized carbons (Fsp3) is 0.0952. The first-order chi connectivity index (χ1) is 13.6. The van der Waals surface area contributed by atoms with Crippen molar-refractivity contribution in [2.45, 2.75) is 13.0 Å². The molecule has 140 valence electrons. The SMILES string of the molecule is CC(Oc1ccc(F)cc1)C(=O)Nc1ccc(-c2nc3cccnc3s2)cc1. The van der Waals surface area contributed by atoms with Gasteiger partial charge in [0.1, 0.15) is 26.9 Å². The fourth-order valence-corrected chi connectivity index (χ4v) is 3.52. The highest BCUT2D eigenvalue weighted by Gasteiger charge is 2.15. The molecule has 5 nitrogen and oxygen atoms in total. The molecule has 1 unspecified atom stereocenters. The lowest BCUT2D eigenvalue weighted by Gasteiger charge is -2.14. The van der Waals surface area contributed by atoms with Crippen LogP contribution in [-0.2, 0) is 4.79 Å². The van der Waals surface area contributed by atoms with Crippen LogP contribution in [0.2, 0.25) is 0 Å². The van der Waals surface area contributed by atoms with E-state index in [1.54, 1.807) is 13.1 Å². The molecular formula is C21H16FN3O2S. The molecule has 1 N–H and O–H groups in total. The van der Waals surface area contributed by atoms with Crippen molar-refractivity contribution in [3.05, 3.63) is 72.7 Å². The van der Waals surface area contributed by atoms with Crippen molar-refractivity contribution in [1.29, 1.82) is 0 Å². The Hall–Kier alpha value is -3.32. The third kappa shape index (κ3) is 3.99. The number of aromatic nitrogens is 2. The number of amides is 1. The minimum Gasteiger partial charge on any atom is -0.481 e. The molecule has 0 fully saturated rings. The van der Waals surface area contributed by atoms with Crippen LogP contribution in [0.3, 0.4) is 0 Å². The molecule has 4 rings (SSSR count). The zero-order valence-electron chi connectivity index (χ0n) is 14.9. The molecule has 1 amide bonds. The Kier molecular flexibility index (Phi) is 4.99. The normalized spacial score (nSPS) is 11.9. The van der Waals surface area contributed by atoms with Crippen LogP contribution in [0, 0.1) is 5.82 Å². The second-order valence-corrected chi connectivity index (χ2v) is 7.10. The molecule has 0 spiro atoms. The summed E-state index contributed by atoms with van der Waals surface area (Å²) < 4.78 is 18.5. The van der Waals surface area contributed by atoms with E-state index < -0.39 is 6.10 Å². The molecule has 0 aliphatic rings. The lowest BCUT2D eigenvalue weighted by molar-refractivity contribution is -0.122. The maximum atomic E-state index is 12.9. The highest BCUT2D eigenvalue weighted by atomic mass is 32.1. The Labute approximate surface area is 164 Å². The molecule has 0 aliphatic heterocycles. The summed E-state index contributed by atoms with van der Waals surface area (Å²) in [5.74, 6) is -0.210. The molecule has 0 saturated carbocycles. The molecule has 4 aromatic rings. The van der Waals surface area contributed by atoms with E-state index in [1.807, 2.05) is 36.4 Å². The van der Waals surface area contributed by atoms with Crippen LogP contribution >= 0.6 is 11.3 Å². The van der Waals surface area contributed by atoms with Gasteiger partial charge in [-0.05, 0) is 67.6 Å². The van der Waals surface area contributed by atoms with Gasteiger partial charge >= 0.3 is 0 Å². The number of carbonyl (C=O) groups is 1. The summed E-state index contributed by atoms with van der Waals surface area (Å²) in [6.07, 6.45) is 1.03. The number of halogens is 1. The second kappa shape index (κ2) is 7.74. The molecule has 2 aromatic carbocycles. The average Bonchev–Trinajstić information content (AvgIpc) is 3.14. The smallest absolute Gasteiger partial charge is 0.265 e. The van der Waals surface area contributed by atoms with Crippen LogP contribution in [-0.4, -0.2) is 22.0 Å². The number of rotatable bonds is 5. The number of hydrogen-bond acceptors (Lipinski definition) is 5. The monoisotopic (exact) mass is 393 g/mol. The van der Waals surface area contributed by atoms with E-state index in [-0.39, 0.29) is 11.7 Å². The maximum absolute atomic E-state index is 12.9. The molecule has 2 aromatic heterocycles. The van der Waals surface area contributed by atoms with E-state index in [2.05, 4.69) is 15.3 Å². The molecule has 0 saturated heterocycles. The quantitative estimate of drug-likeness (QED) is 0.524. The first-order valence-electron chi connectivity index (χ1n) is 8.63. The number of thiazole rings is 1. The van der Waals surface area contributed by atoms with Crippen molar-refractivity contribution in [1.82, 2.24) is 9.97 Å². The third-order valence-corrected chi connectivity index (χ3v) is 5.09. The number of anilines is 1. The zero-order valence-corrected chi connectivity index (χ0v) is 15.7. The molecule has 0 radical (unpaired) electrons. The van der Waals surface area contributed by atoms with Crippen molar-refractivity contribution >= 4 is 33.3 Å². The van der Waals surface area contributed by atoms with Crippen LogP contribution in [0.25, 0.3) is 20.9 Å². The Morgan fingerprint density at radius 1 is 1.11 bits per heavy atom. The van der Waals surface area contributed by atoms with E-state index in [9.17, 15) is 9.18 Å². The van der Waals surface area contributed by atoms with E-state index in [0.717, 1.165) is 20.9 Å². The minimum absolute atomic E-state index is 0.290. The van der Waals surface area contributed by atoms with Gasteiger partial charge in [0.25, 0.3) is 5.91 Å². The molecule has 28 heavy (non-hydrogen) atoms. The molecule has 0 aliphatic carbocycles. The average molecular weight is 393 g/mol. The highest BCUT2D eigenvalue weighted by molar-refractivity contribution is 7.21. The number of nitrogens with zero attached hydrogens (tertiary/aromatic N) is 2. The van der Waals surface area contributed by atoms with Crippen molar-refractivity contribution in [2.24, 2.45) is 0 Å². The summed E-state index contributed by atoms with van der Waals surface area (Å²) in [6, 6.07) is 16.8. The Balaban J connectivity index is 1.42. The number of fused-ring (bicyclic) bond motifs is 1. The first kappa shape index (κ1) is 18.1. The van der Waals surface area contributed by atoms with Gasteiger partial charge in [-0.1, -0.05) is 11.3 Å². The van der Waals surface area contributed by atoms with Crippen LogP contribution in [0.4, 0.5) is 10.1 Å². The minimum atomic E-state index is -0.722. The van der Waals surface area contributed by atoms with E-state index in [1.165, 1.54) is 35.6 Å². The van der Waals surface area contributed by atoms with E-state index in [0.29, 0.717) is 11.4 Å². The predicted octanol–water partition coefficient (Wildman–Crippen LogP) is 4.90. The number of ether oxygens (including phenoxy) is 1. The Bertz CT molecular complexity index is 1080. The predicted molar refractivity (Wildman–Crippen MR) is 108 cm³/mol. The largest absolute Gasteiger partial charge is 0.481 e. The van der Waals surface area contributed by atoms with Crippen molar-refractivity contribution < 1.29 is 13.9 Å². The number of pyridine rings is 1. The zero-order chi connectivity index (χ0) is 19.5. The summed E-state index contributed by atoms with van der Waals surface area (Å²) >= 11 is 1.52. The molecule has 7 heteroatoms. The van der Waals surface area contributed by atoms with Crippen LogP contribution < -0.4 is 10.1 Å². The summed E-state index contributed by atoms with van der Waals surface area (Å²) in [7, 11) is 0. The molecule has 0 bridgehead atoms. The van der Waals surface area contributed by atoms with Gasteiger partial charge in [0.2, 0.25) is 0 Å². The lowest BCUT2D eigenvalue weighted by Crippen LogP contribution is -2.30. The summed E-state index contributed by atoms with van der Waals surface area (Å²) in [4.78, 5) is 22.1. The maximum Gasteiger partial charge on any atom is 0.265 e. The van der Waals surface area contributed by atoms with Crippen LogP contribution in [0.15, 0.2) is 66.9 Å². The number of nitrogens with one attached hydrogen (secondary N) is 1. The Morgan fingerprint density at radius 2 is 1.86 bits per heavy atom. The van der Waals surface area contributed by atoms with Crippen molar-refractivity contribution in [2.75, 3.05) is 5.32 Å². The fourth-order valence-electron chi connectivity index (χ4n) is 2.60. The molecule has 2 heterocycles. The van der Waals surface area contributed by atoms with Gasteiger partial charge in [0.05, 0.1) is 0 Å². The summed E-state index contributed by atoms with van der Waals surface area (Å²) in [5, 5.41) is 3.69. The van der Waals surface area contributed by atoms with Crippen LogP contribution in [0.5, 0.6) is 5.75 Å². The highest BCUT2D eigenvalue weighted by Crippen LogP contribution is 2.29.